The highest BCUT2D eigenvalue weighted by atomic mass is 16.5. The predicted molar refractivity (Wildman–Crippen MR) is 103 cm³/mol. The first-order valence-corrected chi connectivity index (χ1v) is 9.31. The fraction of sp³-hybridized carbons (Fsp3) is 0.364. The molecule has 1 aliphatic heterocycles. The lowest BCUT2D eigenvalue weighted by Gasteiger charge is -2.32. The van der Waals surface area contributed by atoms with Crippen molar-refractivity contribution in [2.75, 3.05) is 20.2 Å². The maximum absolute atomic E-state index is 12.5. The molecule has 1 fully saturated rings. The van der Waals surface area contributed by atoms with Gasteiger partial charge in [-0.15, -0.1) is 0 Å². The number of hydrogen-bond acceptors (Lipinski definition) is 3. The van der Waals surface area contributed by atoms with Crippen LogP contribution in [0.15, 0.2) is 48.5 Å². The molecular formula is C22H25NO4. The number of carboxylic acid groups (broad SMARTS) is 1. The van der Waals surface area contributed by atoms with Crippen LogP contribution in [0.25, 0.3) is 0 Å². The number of aromatic carboxylic acids is 1. The lowest BCUT2D eigenvalue weighted by Crippen LogP contribution is -2.38. The number of nitrogens with zero attached hydrogens (tertiary/aromatic N) is 1. The number of methoxy groups -OCH3 is 1. The molecule has 5 heteroatoms. The second-order valence-corrected chi connectivity index (χ2v) is 6.93. The Labute approximate surface area is 159 Å². The van der Waals surface area contributed by atoms with Gasteiger partial charge in [-0.1, -0.05) is 24.3 Å². The molecule has 0 spiro atoms. The van der Waals surface area contributed by atoms with Gasteiger partial charge in [0.2, 0.25) is 5.91 Å². The lowest BCUT2D eigenvalue weighted by molar-refractivity contribution is -0.132. The van der Waals surface area contributed by atoms with Gasteiger partial charge in [0.1, 0.15) is 5.75 Å². The van der Waals surface area contributed by atoms with Crippen molar-refractivity contribution in [1.82, 2.24) is 4.90 Å². The van der Waals surface area contributed by atoms with E-state index in [0.29, 0.717) is 18.8 Å². The third-order valence-corrected chi connectivity index (χ3v) is 5.24. The first-order valence-electron chi connectivity index (χ1n) is 9.31. The number of benzene rings is 2. The monoisotopic (exact) mass is 367 g/mol. The summed E-state index contributed by atoms with van der Waals surface area (Å²) in [4.78, 5) is 25.3. The lowest BCUT2D eigenvalue weighted by atomic mass is 9.89. The van der Waals surface area contributed by atoms with Crippen LogP contribution >= 0.6 is 0 Å². The van der Waals surface area contributed by atoms with Gasteiger partial charge in [-0.25, -0.2) is 4.79 Å². The Kier molecular flexibility index (Phi) is 6.12. The van der Waals surface area contributed by atoms with Crippen LogP contribution in [0.5, 0.6) is 5.75 Å². The van der Waals surface area contributed by atoms with Crippen molar-refractivity contribution in [2.45, 2.75) is 31.6 Å². The van der Waals surface area contributed by atoms with E-state index in [2.05, 4.69) is 12.1 Å². The van der Waals surface area contributed by atoms with E-state index < -0.39 is 5.97 Å². The molecule has 0 unspecified atom stereocenters. The topological polar surface area (TPSA) is 66.8 Å². The molecule has 1 heterocycles. The average Bonchev–Trinajstić information content (AvgIpc) is 2.72. The van der Waals surface area contributed by atoms with Gasteiger partial charge >= 0.3 is 5.97 Å². The normalized spacial score (nSPS) is 14.8. The second-order valence-electron chi connectivity index (χ2n) is 6.93. The van der Waals surface area contributed by atoms with Gasteiger partial charge in [0.15, 0.2) is 0 Å². The minimum atomic E-state index is -0.934. The van der Waals surface area contributed by atoms with Crippen LogP contribution in [-0.2, 0) is 11.2 Å². The number of rotatable bonds is 6. The molecule has 2 aromatic carbocycles. The number of aryl methyl sites for hydroxylation is 1. The molecule has 5 nitrogen and oxygen atoms in total. The first-order chi connectivity index (χ1) is 13.1. The summed E-state index contributed by atoms with van der Waals surface area (Å²) in [7, 11) is 1.68. The standard InChI is InChI=1S/C22H25NO4/c1-27-20-4-2-3-19(15-20)17-11-13-23(14-12-17)21(24)10-7-16-5-8-18(9-6-16)22(25)26/h2-6,8-9,15,17H,7,10-14H2,1H3,(H,25,26). The summed E-state index contributed by atoms with van der Waals surface area (Å²) in [5, 5.41) is 8.93. The van der Waals surface area contributed by atoms with Crippen molar-refractivity contribution >= 4 is 11.9 Å². The van der Waals surface area contributed by atoms with Crippen LogP contribution in [0, 0.1) is 0 Å². The van der Waals surface area contributed by atoms with Crippen LogP contribution in [0.4, 0.5) is 0 Å². The zero-order valence-corrected chi connectivity index (χ0v) is 15.6. The van der Waals surface area contributed by atoms with Gasteiger partial charge in [-0.05, 0) is 60.6 Å². The third kappa shape index (κ3) is 4.88. The van der Waals surface area contributed by atoms with E-state index in [4.69, 9.17) is 9.84 Å². The predicted octanol–water partition coefficient (Wildman–Crippen LogP) is 3.73. The highest BCUT2D eigenvalue weighted by Crippen LogP contribution is 2.30. The Morgan fingerprint density at radius 3 is 2.44 bits per heavy atom. The van der Waals surface area contributed by atoms with Gasteiger partial charge < -0.3 is 14.7 Å². The van der Waals surface area contributed by atoms with Crippen LogP contribution in [0.1, 0.15) is 46.7 Å². The number of carbonyl (C=O) groups is 2. The van der Waals surface area contributed by atoms with Gasteiger partial charge in [0.25, 0.3) is 0 Å². The van der Waals surface area contributed by atoms with Crippen molar-refractivity contribution in [3.8, 4) is 5.75 Å². The van der Waals surface area contributed by atoms with Gasteiger partial charge in [-0.3, -0.25) is 4.79 Å². The molecule has 1 amide bonds. The highest BCUT2D eigenvalue weighted by molar-refractivity contribution is 5.87. The van der Waals surface area contributed by atoms with Crippen molar-refractivity contribution < 1.29 is 19.4 Å². The summed E-state index contributed by atoms with van der Waals surface area (Å²) >= 11 is 0. The summed E-state index contributed by atoms with van der Waals surface area (Å²) in [6.07, 6.45) is 3.02. The van der Waals surface area contributed by atoms with E-state index in [9.17, 15) is 9.59 Å². The Balaban J connectivity index is 1.48. The zero-order chi connectivity index (χ0) is 19.2. The van der Waals surface area contributed by atoms with Crippen LogP contribution < -0.4 is 4.74 Å². The van der Waals surface area contributed by atoms with Crippen LogP contribution in [0.2, 0.25) is 0 Å². The molecule has 3 rings (SSSR count). The summed E-state index contributed by atoms with van der Waals surface area (Å²) < 4.78 is 5.30. The first kappa shape index (κ1) is 19.0. The van der Waals surface area contributed by atoms with Gasteiger partial charge in [0, 0.05) is 19.5 Å². The van der Waals surface area contributed by atoms with E-state index in [-0.39, 0.29) is 11.5 Å². The Morgan fingerprint density at radius 1 is 1.11 bits per heavy atom. The quantitative estimate of drug-likeness (QED) is 0.845. The van der Waals surface area contributed by atoms with Gasteiger partial charge in [-0.2, -0.15) is 0 Å². The maximum Gasteiger partial charge on any atom is 0.335 e. The summed E-state index contributed by atoms with van der Waals surface area (Å²) in [6, 6.07) is 14.9. The molecule has 1 saturated heterocycles. The molecule has 0 radical (unpaired) electrons. The Bertz CT molecular complexity index is 792. The number of carboxylic acids is 1. The third-order valence-electron chi connectivity index (χ3n) is 5.24. The minimum Gasteiger partial charge on any atom is -0.497 e. The molecular weight excluding hydrogens is 342 g/mol. The van der Waals surface area contributed by atoms with E-state index in [0.717, 1.165) is 37.2 Å². The van der Waals surface area contributed by atoms with Crippen molar-refractivity contribution in [3.05, 3.63) is 65.2 Å². The molecule has 0 saturated carbocycles. The smallest absolute Gasteiger partial charge is 0.335 e. The molecule has 0 aromatic heterocycles. The number of likely N-dealkylation sites (tertiary alicyclic amines) is 1. The van der Waals surface area contributed by atoms with E-state index in [1.165, 1.54) is 5.56 Å². The molecule has 1 aliphatic rings. The van der Waals surface area contributed by atoms with Crippen molar-refractivity contribution in [1.29, 1.82) is 0 Å². The molecule has 2 aromatic rings. The number of piperidine rings is 1. The fourth-order valence-electron chi connectivity index (χ4n) is 3.58. The van der Waals surface area contributed by atoms with E-state index in [1.54, 1.807) is 31.4 Å². The Morgan fingerprint density at radius 2 is 1.81 bits per heavy atom. The van der Waals surface area contributed by atoms with Crippen molar-refractivity contribution in [2.24, 2.45) is 0 Å². The molecule has 27 heavy (non-hydrogen) atoms. The van der Waals surface area contributed by atoms with E-state index >= 15 is 0 Å². The SMILES string of the molecule is COc1cccc(C2CCN(C(=O)CCc3ccc(C(=O)O)cc3)CC2)c1. The molecule has 1 N–H and O–H groups in total. The number of hydrogen-bond donors (Lipinski definition) is 1. The Hall–Kier alpha value is -2.82. The van der Waals surface area contributed by atoms with Crippen LogP contribution in [0.3, 0.4) is 0 Å². The van der Waals surface area contributed by atoms with Crippen LogP contribution in [-0.4, -0.2) is 42.1 Å². The molecule has 142 valence electrons. The number of carbonyl (C=O) groups excluding carboxylic acids is 1. The number of ether oxygens (including phenoxy) is 1. The number of amides is 1. The summed E-state index contributed by atoms with van der Waals surface area (Å²) in [5.74, 6) is 0.575. The summed E-state index contributed by atoms with van der Waals surface area (Å²) in [6.45, 7) is 1.55. The van der Waals surface area contributed by atoms with E-state index in [1.807, 2.05) is 17.0 Å². The average molecular weight is 367 g/mol. The molecule has 0 aliphatic carbocycles. The molecule has 0 bridgehead atoms. The second kappa shape index (κ2) is 8.71. The fourth-order valence-corrected chi connectivity index (χ4v) is 3.58. The largest absolute Gasteiger partial charge is 0.497 e. The van der Waals surface area contributed by atoms with Crippen molar-refractivity contribution in [3.63, 3.8) is 0 Å². The highest BCUT2D eigenvalue weighted by Gasteiger charge is 2.23. The summed E-state index contributed by atoms with van der Waals surface area (Å²) in [5.41, 5.74) is 2.53. The molecule has 0 atom stereocenters. The maximum atomic E-state index is 12.5. The minimum absolute atomic E-state index is 0.168. The van der Waals surface area contributed by atoms with Gasteiger partial charge in [0.05, 0.1) is 12.7 Å². The zero-order valence-electron chi connectivity index (χ0n) is 15.6.